The van der Waals surface area contributed by atoms with Gasteiger partial charge in [-0.2, -0.15) is 5.10 Å². The van der Waals surface area contributed by atoms with E-state index in [1.807, 2.05) is 42.5 Å². The number of hydrogen-bond acceptors (Lipinski definition) is 6. The monoisotopic (exact) mass is 504 g/mol. The maximum Gasteiger partial charge on any atom is 0.287 e. The van der Waals surface area contributed by atoms with Gasteiger partial charge in [-0.1, -0.05) is 37.9 Å². The zero-order chi connectivity index (χ0) is 19.9. The van der Waals surface area contributed by atoms with Crippen LogP contribution in [0.3, 0.4) is 0 Å². The fourth-order valence-electron chi connectivity index (χ4n) is 2.18. The molecule has 0 aliphatic heterocycles. The Bertz CT molecular complexity index is 993. The van der Waals surface area contributed by atoms with Crippen LogP contribution >= 0.6 is 31.9 Å². The second-order valence-corrected chi connectivity index (χ2v) is 7.39. The number of nitrogens with zero attached hydrogens (tertiary/aromatic N) is 3. The van der Waals surface area contributed by atoms with Gasteiger partial charge in [-0.15, -0.1) is 0 Å². The normalized spacial score (nSPS) is 10.8. The third kappa shape index (κ3) is 5.61. The van der Waals surface area contributed by atoms with Crippen LogP contribution in [0.2, 0.25) is 0 Å². The first-order valence-corrected chi connectivity index (χ1v) is 9.66. The SMILES string of the molecule is O=[N+]([O-])c1ccc(NN=Cc2ccc(OCc3ccc(Br)cc3Br)cc2)nc1. The Morgan fingerprint density at radius 3 is 2.57 bits per heavy atom. The van der Waals surface area contributed by atoms with Gasteiger partial charge >= 0.3 is 0 Å². The molecule has 0 spiro atoms. The molecule has 0 unspecified atom stereocenters. The highest BCUT2D eigenvalue weighted by Crippen LogP contribution is 2.23. The topological polar surface area (TPSA) is 89.7 Å². The highest BCUT2D eigenvalue weighted by molar-refractivity contribution is 9.11. The lowest BCUT2D eigenvalue weighted by Crippen LogP contribution is -1.97. The van der Waals surface area contributed by atoms with E-state index in [-0.39, 0.29) is 5.69 Å². The van der Waals surface area contributed by atoms with Crippen molar-refractivity contribution in [1.82, 2.24) is 4.98 Å². The molecule has 9 heteroatoms. The Morgan fingerprint density at radius 2 is 1.93 bits per heavy atom. The molecule has 2 aromatic carbocycles. The van der Waals surface area contributed by atoms with Gasteiger partial charge in [0.1, 0.15) is 24.4 Å². The maximum absolute atomic E-state index is 10.6. The van der Waals surface area contributed by atoms with E-state index in [1.54, 1.807) is 6.21 Å². The molecule has 3 rings (SSSR count). The molecule has 3 aromatic rings. The summed E-state index contributed by atoms with van der Waals surface area (Å²) >= 11 is 6.94. The molecule has 0 saturated heterocycles. The summed E-state index contributed by atoms with van der Waals surface area (Å²) in [4.78, 5) is 14.0. The zero-order valence-electron chi connectivity index (χ0n) is 14.4. The van der Waals surface area contributed by atoms with Crippen molar-refractivity contribution in [2.45, 2.75) is 6.61 Å². The van der Waals surface area contributed by atoms with Crippen molar-refractivity contribution < 1.29 is 9.66 Å². The number of anilines is 1. The van der Waals surface area contributed by atoms with Crippen LogP contribution in [0, 0.1) is 10.1 Å². The number of halogens is 2. The van der Waals surface area contributed by atoms with Crippen LogP contribution in [-0.2, 0) is 6.61 Å². The molecule has 0 saturated carbocycles. The minimum atomic E-state index is -0.501. The van der Waals surface area contributed by atoms with E-state index >= 15 is 0 Å². The largest absolute Gasteiger partial charge is 0.489 e. The highest BCUT2D eigenvalue weighted by atomic mass is 79.9. The summed E-state index contributed by atoms with van der Waals surface area (Å²) in [7, 11) is 0. The van der Waals surface area contributed by atoms with Crippen molar-refractivity contribution in [1.29, 1.82) is 0 Å². The van der Waals surface area contributed by atoms with Crippen molar-refractivity contribution in [3.63, 3.8) is 0 Å². The number of hydrazone groups is 1. The van der Waals surface area contributed by atoms with Crippen LogP contribution in [0.4, 0.5) is 11.5 Å². The Kier molecular flexibility index (Phi) is 6.72. The van der Waals surface area contributed by atoms with Gasteiger partial charge in [0.15, 0.2) is 0 Å². The van der Waals surface area contributed by atoms with Crippen LogP contribution in [-0.4, -0.2) is 16.1 Å². The molecule has 0 bridgehead atoms. The summed E-state index contributed by atoms with van der Waals surface area (Å²) in [5, 5.41) is 14.7. The lowest BCUT2D eigenvalue weighted by molar-refractivity contribution is -0.385. The zero-order valence-corrected chi connectivity index (χ0v) is 17.6. The molecular formula is C19H14Br2N4O3. The summed E-state index contributed by atoms with van der Waals surface area (Å²) in [6.07, 6.45) is 2.80. The Balaban J connectivity index is 1.53. The second kappa shape index (κ2) is 9.43. The number of nitrogens with one attached hydrogen (secondary N) is 1. The molecule has 7 nitrogen and oxygen atoms in total. The number of hydrogen-bond donors (Lipinski definition) is 1. The molecule has 0 atom stereocenters. The van der Waals surface area contributed by atoms with Crippen LogP contribution in [0.1, 0.15) is 11.1 Å². The maximum atomic E-state index is 10.6. The molecule has 0 fully saturated rings. The minimum Gasteiger partial charge on any atom is -0.489 e. The van der Waals surface area contributed by atoms with Crippen LogP contribution < -0.4 is 10.2 Å². The van der Waals surface area contributed by atoms with Crippen molar-refractivity contribution in [2.24, 2.45) is 5.10 Å². The number of benzene rings is 2. The number of aromatic nitrogens is 1. The van der Waals surface area contributed by atoms with E-state index in [2.05, 4.69) is 47.4 Å². The van der Waals surface area contributed by atoms with Crippen LogP contribution in [0.25, 0.3) is 0 Å². The summed E-state index contributed by atoms with van der Waals surface area (Å²) in [6, 6.07) is 16.3. The number of nitro groups is 1. The van der Waals surface area contributed by atoms with Gasteiger partial charge in [0.05, 0.1) is 11.1 Å². The number of pyridine rings is 1. The lowest BCUT2D eigenvalue weighted by atomic mass is 10.2. The van der Waals surface area contributed by atoms with Crippen molar-refractivity contribution in [3.05, 3.63) is 91.0 Å². The lowest BCUT2D eigenvalue weighted by Gasteiger charge is -2.08. The summed E-state index contributed by atoms with van der Waals surface area (Å²) in [6.45, 7) is 0.453. The molecule has 0 aliphatic carbocycles. The Hall–Kier alpha value is -2.78. The molecule has 0 amide bonds. The fourth-order valence-corrected chi connectivity index (χ4v) is 3.34. The standard InChI is InChI=1S/C19H14Br2N4O3/c20-15-4-3-14(18(21)9-15)12-28-17-6-1-13(2-7-17)10-23-24-19-8-5-16(11-22-19)25(26)27/h1-11H,12H2,(H,22,24). The second-order valence-electron chi connectivity index (χ2n) is 5.62. The molecule has 1 aromatic heterocycles. The quantitative estimate of drug-likeness (QED) is 0.258. The molecule has 1 heterocycles. The van der Waals surface area contributed by atoms with Gasteiger partial charge in [-0.05, 0) is 48.0 Å². The highest BCUT2D eigenvalue weighted by Gasteiger charge is 2.04. The van der Waals surface area contributed by atoms with Gasteiger partial charge < -0.3 is 4.74 Å². The van der Waals surface area contributed by atoms with Crippen LogP contribution in [0.15, 0.2) is 74.8 Å². The molecule has 28 heavy (non-hydrogen) atoms. The predicted octanol–water partition coefficient (Wildman–Crippen LogP) is 5.54. The average Bonchev–Trinajstić information content (AvgIpc) is 2.69. The van der Waals surface area contributed by atoms with E-state index in [1.165, 1.54) is 18.3 Å². The summed E-state index contributed by atoms with van der Waals surface area (Å²) in [5.41, 5.74) is 4.57. The first-order chi connectivity index (χ1) is 13.5. The van der Waals surface area contributed by atoms with Gasteiger partial charge in [-0.25, -0.2) is 4.98 Å². The van der Waals surface area contributed by atoms with Gasteiger partial charge in [0.2, 0.25) is 0 Å². The minimum absolute atomic E-state index is 0.0692. The Morgan fingerprint density at radius 1 is 1.14 bits per heavy atom. The van der Waals surface area contributed by atoms with Gasteiger partial charge in [0.25, 0.3) is 5.69 Å². The van der Waals surface area contributed by atoms with Gasteiger partial charge in [0, 0.05) is 20.6 Å². The van der Waals surface area contributed by atoms with E-state index in [0.717, 1.165) is 25.8 Å². The Labute approximate surface area is 177 Å². The third-order valence-corrected chi connectivity index (χ3v) is 4.87. The van der Waals surface area contributed by atoms with E-state index in [9.17, 15) is 10.1 Å². The van der Waals surface area contributed by atoms with E-state index in [4.69, 9.17) is 4.74 Å². The predicted molar refractivity (Wildman–Crippen MR) is 115 cm³/mol. The molecule has 1 N–H and O–H groups in total. The average molecular weight is 506 g/mol. The van der Waals surface area contributed by atoms with E-state index in [0.29, 0.717) is 12.4 Å². The fraction of sp³-hybridized carbons (Fsp3) is 0.0526. The first-order valence-electron chi connectivity index (χ1n) is 8.07. The van der Waals surface area contributed by atoms with Crippen molar-refractivity contribution in [2.75, 3.05) is 5.43 Å². The van der Waals surface area contributed by atoms with Crippen molar-refractivity contribution in [3.8, 4) is 5.75 Å². The summed E-state index contributed by atoms with van der Waals surface area (Å²) in [5.74, 6) is 1.17. The number of rotatable bonds is 7. The summed E-state index contributed by atoms with van der Waals surface area (Å²) < 4.78 is 7.79. The smallest absolute Gasteiger partial charge is 0.287 e. The van der Waals surface area contributed by atoms with Crippen LogP contribution in [0.5, 0.6) is 5.75 Å². The number of ether oxygens (including phenoxy) is 1. The van der Waals surface area contributed by atoms with Crippen molar-refractivity contribution >= 4 is 49.6 Å². The van der Waals surface area contributed by atoms with E-state index < -0.39 is 4.92 Å². The molecule has 142 valence electrons. The van der Waals surface area contributed by atoms with Gasteiger partial charge in [-0.3, -0.25) is 15.5 Å². The molecule has 0 radical (unpaired) electrons. The third-order valence-electron chi connectivity index (χ3n) is 3.64. The molecular weight excluding hydrogens is 492 g/mol. The first kappa shape index (κ1) is 20.0. The molecule has 0 aliphatic rings.